The lowest BCUT2D eigenvalue weighted by molar-refractivity contribution is 0.276. The lowest BCUT2D eigenvalue weighted by Crippen LogP contribution is -2.32. The average molecular weight is 280 g/mol. The first-order valence-corrected chi connectivity index (χ1v) is 9.28. The van der Waals surface area contributed by atoms with Gasteiger partial charge in [0.05, 0.1) is 0 Å². The van der Waals surface area contributed by atoms with Crippen LogP contribution in [0, 0.1) is 11.8 Å². The Hall–Kier alpha value is -0.0800. The first kappa shape index (κ1) is 16.3. The number of hydrogen-bond acceptors (Lipinski definition) is 2. The van der Waals surface area contributed by atoms with E-state index in [1.54, 1.807) is 0 Å². The van der Waals surface area contributed by atoms with Crippen LogP contribution in [0.3, 0.4) is 0 Å². The Bertz CT molecular complexity index is 216. The molecule has 2 unspecified atom stereocenters. The Labute approximate surface area is 126 Å². The fourth-order valence-corrected chi connectivity index (χ4v) is 4.36. The van der Waals surface area contributed by atoms with E-state index >= 15 is 0 Å². The van der Waals surface area contributed by atoms with Crippen molar-refractivity contribution in [3.8, 4) is 0 Å². The molecule has 0 heterocycles. The zero-order valence-corrected chi connectivity index (χ0v) is 13.4. The van der Waals surface area contributed by atoms with E-state index in [0.29, 0.717) is 12.1 Å². The second kappa shape index (κ2) is 9.04. The summed E-state index contributed by atoms with van der Waals surface area (Å²) in [6, 6.07) is 0.919. The van der Waals surface area contributed by atoms with Crippen LogP contribution in [-0.2, 0) is 0 Å². The standard InChI is InChI=1S/C18H36N2/c19-17(15-9-3-1-4-10-15)13-7-8-14-18(20)16-11-5-2-6-12-16/h15-18H,1-14,19-20H2. The summed E-state index contributed by atoms with van der Waals surface area (Å²) in [6.45, 7) is 0. The van der Waals surface area contributed by atoms with E-state index in [4.69, 9.17) is 11.5 Å². The molecule has 0 bridgehead atoms. The molecule has 2 rings (SSSR count). The fraction of sp³-hybridized carbons (Fsp3) is 1.00. The quantitative estimate of drug-likeness (QED) is 0.681. The van der Waals surface area contributed by atoms with Crippen molar-refractivity contribution in [3.63, 3.8) is 0 Å². The molecule has 0 saturated heterocycles. The van der Waals surface area contributed by atoms with Crippen molar-refractivity contribution in [3.05, 3.63) is 0 Å². The molecule has 2 nitrogen and oxygen atoms in total. The molecular formula is C18H36N2. The highest BCUT2D eigenvalue weighted by molar-refractivity contribution is 4.78. The topological polar surface area (TPSA) is 52.0 Å². The molecule has 0 aromatic heterocycles. The van der Waals surface area contributed by atoms with Gasteiger partial charge in [0, 0.05) is 12.1 Å². The Kier molecular flexibility index (Phi) is 7.37. The summed E-state index contributed by atoms with van der Waals surface area (Å²) < 4.78 is 0. The molecule has 4 N–H and O–H groups in total. The summed E-state index contributed by atoms with van der Waals surface area (Å²) in [5.41, 5.74) is 12.8. The minimum atomic E-state index is 0.459. The predicted molar refractivity (Wildman–Crippen MR) is 87.6 cm³/mol. The summed E-state index contributed by atoms with van der Waals surface area (Å²) in [4.78, 5) is 0. The second-order valence-corrected chi connectivity index (χ2v) is 7.41. The molecule has 0 aromatic rings. The van der Waals surface area contributed by atoms with Gasteiger partial charge in [0.25, 0.3) is 0 Å². The maximum atomic E-state index is 6.38. The van der Waals surface area contributed by atoms with Crippen molar-refractivity contribution < 1.29 is 0 Å². The van der Waals surface area contributed by atoms with E-state index in [1.807, 2.05) is 0 Å². The second-order valence-electron chi connectivity index (χ2n) is 7.41. The first-order valence-electron chi connectivity index (χ1n) is 9.28. The van der Waals surface area contributed by atoms with Gasteiger partial charge in [-0.1, -0.05) is 51.4 Å². The molecule has 118 valence electrons. The molecule has 0 spiro atoms. The molecule has 0 amide bonds. The first-order chi connectivity index (χ1) is 9.77. The molecule has 20 heavy (non-hydrogen) atoms. The molecule has 2 aliphatic rings. The molecule has 2 atom stereocenters. The highest BCUT2D eigenvalue weighted by Gasteiger charge is 2.21. The van der Waals surface area contributed by atoms with Gasteiger partial charge >= 0.3 is 0 Å². The third kappa shape index (κ3) is 5.37. The zero-order valence-electron chi connectivity index (χ0n) is 13.4. The fourth-order valence-electron chi connectivity index (χ4n) is 4.36. The van der Waals surface area contributed by atoms with Gasteiger partial charge < -0.3 is 11.5 Å². The van der Waals surface area contributed by atoms with Crippen LogP contribution in [-0.4, -0.2) is 12.1 Å². The molecule has 2 fully saturated rings. The number of unbranched alkanes of at least 4 members (excludes halogenated alkanes) is 1. The normalized spacial score (nSPS) is 25.5. The average Bonchev–Trinajstić information content (AvgIpc) is 2.53. The molecular weight excluding hydrogens is 244 g/mol. The number of hydrogen-bond donors (Lipinski definition) is 2. The van der Waals surface area contributed by atoms with Crippen LogP contribution in [0.2, 0.25) is 0 Å². The minimum Gasteiger partial charge on any atom is -0.327 e. The van der Waals surface area contributed by atoms with Gasteiger partial charge in [-0.3, -0.25) is 0 Å². The van der Waals surface area contributed by atoms with Gasteiger partial charge in [0.2, 0.25) is 0 Å². The van der Waals surface area contributed by atoms with Crippen molar-refractivity contribution >= 4 is 0 Å². The lowest BCUT2D eigenvalue weighted by atomic mass is 9.81. The number of rotatable bonds is 7. The van der Waals surface area contributed by atoms with Crippen LogP contribution in [0.1, 0.15) is 89.9 Å². The molecule has 0 aliphatic heterocycles. The Morgan fingerprint density at radius 3 is 1.30 bits per heavy atom. The van der Waals surface area contributed by atoms with Gasteiger partial charge in [-0.25, -0.2) is 0 Å². The SMILES string of the molecule is NC(CCCCC(N)C1CCCCC1)C1CCCCC1. The third-order valence-electron chi connectivity index (χ3n) is 5.84. The molecule has 2 heteroatoms. The van der Waals surface area contributed by atoms with Gasteiger partial charge in [0.1, 0.15) is 0 Å². The molecule has 2 aliphatic carbocycles. The largest absolute Gasteiger partial charge is 0.327 e. The highest BCUT2D eigenvalue weighted by Crippen LogP contribution is 2.29. The van der Waals surface area contributed by atoms with Crippen LogP contribution in [0.4, 0.5) is 0 Å². The Balaban J connectivity index is 1.53. The summed E-state index contributed by atoms with van der Waals surface area (Å²) >= 11 is 0. The Morgan fingerprint density at radius 1 is 0.600 bits per heavy atom. The minimum absolute atomic E-state index is 0.459. The van der Waals surface area contributed by atoms with Crippen LogP contribution < -0.4 is 11.5 Å². The van der Waals surface area contributed by atoms with E-state index in [1.165, 1.54) is 89.9 Å². The monoisotopic (exact) mass is 280 g/mol. The van der Waals surface area contributed by atoms with Gasteiger partial charge in [0.15, 0.2) is 0 Å². The van der Waals surface area contributed by atoms with Crippen LogP contribution in [0.15, 0.2) is 0 Å². The summed E-state index contributed by atoms with van der Waals surface area (Å²) in [6.07, 6.45) is 19.0. The Morgan fingerprint density at radius 2 is 0.950 bits per heavy atom. The maximum Gasteiger partial charge on any atom is 0.00671 e. The predicted octanol–water partition coefficient (Wildman–Crippen LogP) is 4.36. The molecule has 0 aromatic carbocycles. The smallest absolute Gasteiger partial charge is 0.00671 e. The maximum absolute atomic E-state index is 6.38. The van der Waals surface area contributed by atoms with Gasteiger partial charge in [-0.2, -0.15) is 0 Å². The van der Waals surface area contributed by atoms with Crippen LogP contribution in [0.5, 0.6) is 0 Å². The van der Waals surface area contributed by atoms with E-state index in [9.17, 15) is 0 Å². The zero-order chi connectivity index (χ0) is 14.2. The summed E-state index contributed by atoms with van der Waals surface area (Å²) in [7, 11) is 0. The third-order valence-corrected chi connectivity index (χ3v) is 5.84. The van der Waals surface area contributed by atoms with Crippen molar-refractivity contribution in [2.24, 2.45) is 23.3 Å². The summed E-state index contributed by atoms with van der Waals surface area (Å²) in [5.74, 6) is 1.63. The number of nitrogens with two attached hydrogens (primary N) is 2. The van der Waals surface area contributed by atoms with E-state index < -0.39 is 0 Å². The van der Waals surface area contributed by atoms with Crippen molar-refractivity contribution in [2.45, 2.75) is 102 Å². The van der Waals surface area contributed by atoms with Gasteiger partial charge in [-0.15, -0.1) is 0 Å². The van der Waals surface area contributed by atoms with E-state index in [-0.39, 0.29) is 0 Å². The van der Waals surface area contributed by atoms with Gasteiger partial charge in [-0.05, 0) is 50.4 Å². The van der Waals surface area contributed by atoms with Crippen LogP contribution in [0.25, 0.3) is 0 Å². The van der Waals surface area contributed by atoms with E-state index in [0.717, 1.165) is 11.8 Å². The van der Waals surface area contributed by atoms with E-state index in [2.05, 4.69) is 0 Å². The van der Waals surface area contributed by atoms with Crippen molar-refractivity contribution in [1.82, 2.24) is 0 Å². The lowest BCUT2D eigenvalue weighted by Gasteiger charge is -2.29. The van der Waals surface area contributed by atoms with Crippen molar-refractivity contribution in [1.29, 1.82) is 0 Å². The summed E-state index contributed by atoms with van der Waals surface area (Å²) in [5, 5.41) is 0. The molecule has 2 saturated carbocycles. The van der Waals surface area contributed by atoms with Crippen molar-refractivity contribution in [2.75, 3.05) is 0 Å². The highest BCUT2D eigenvalue weighted by atomic mass is 14.7. The molecule has 0 radical (unpaired) electrons. The van der Waals surface area contributed by atoms with Crippen LogP contribution >= 0.6 is 0 Å².